The van der Waals surface area contributed by atoms with Gasteiger partial charge in [-0.15, -0.1) is 0 Å². The van der Waals surface area contributed by atoms with Crippen LogP contribution in [0.3, 0.4) is 0 Å². The van der Waals surface area contributed by atoms with Gasteiger partial charge in [-0.05, 0) is 44.2 Å². The van der Waals surface area contributed by atoms with E-state index in [1.807, 2.05) is 18.3 Å². The Morgan fingerprint density at radius 2 is 2.10 bits per heavy atom. The first-order valence-corrected chi connectivity index (χ1v) is 7.81. The minimum Gasteiger partial charge on any atom is -0.376 e. The number of ether oxygens (including phenoxy) is 2. The molecule has 4 nitrogen and oxygen atoms in total. The lowest BCUT2D eigenvalue weighted by Crippen LogP contribution is -2.38. The summed E-state index contributed by atoms with van der Waals surface area (Å²) in [4.78, 5) is 6.76. The molecule has 4 heteroatoms. The lowest BCUT2D eigenvalue weighted by molar-refractivity contribution is -0.0672. The number of rotatable bonds is 4. The van der Waals surface area contributed by atoms with Crippen LogP contribution in [0.4, 0.5) is 5.82 Å². The van der Waals surface area contributed by atoms with Crippen LogP contribution >= 0.6 is 0 Å². The topological polar surface area (TPSA) is 34.6 Å². The molecule has 0 amide bonds. The Bertz CT molecular complexity index is 385. The van der Waals surface area contributed by atoms with Gasteiger partial charge in [-0.1, -0.05) is 6.07 Å². The Kier molecular flexibility index (Phi) is 4.87. The highest BCUT2D eigenvalue weighted by Crippen LogP contribution is 2.20. The van der Waals surface area contributed by atoms with Crippen LogP contribution in [0.15, 0.2) is 24.4 Å². The SMILES string of the molecule is c1ccc(N2CCC(OCC3CCCCO3)CC2)nc1. The predicted molar refractivity (Wildman–Crippen MR) is 79.0 cm³/mol. The van der Waals surface area contributed by atoms with E-state index >= 15 is 0 Å². The second kappa shape index (κ2) is 7.04. The molecule has 1 atom stereocenters. The molecule has 0 aromatic carbocycles. The third-order valence-corrected chi connectivity index (χ3v) is 4.21. The molecule has 110 valence electrons. The van der Waals surface area contributed by atoms with Crippen molar-refractivity contribution in [1.82, 2.24) is 4.98 Å². The van der Waals surface area contributed by atoms with Crippen molar-refractivity contribution in [2.24, 2.45) is 0 Å². The number of piperidine rings is 1. The Hall–Kier alpha value is -1.13. The fourth-order valence-corrected chi connectivity index (χ4v) is 2.97. The molecular weight excluding hydrogens is 252 g/mol. The van der Waals surface area contributed by atoms with Crippen molar-refractivity contribution in [3.8, 4) is 0 Å². The molecule has 3 heterocycles. The van der Waals surface area contributed by atoms with E-state index in [9.17, 15) is 0 Å². The Balaban J connectivity index is 1.40. The largest absolute Gasteiger partial charge is 0.376 e. The average molecular weight is 276 g/mol. The lowest BCUT2D eigenvalue weighted by Gasteiger charge is -2.33. The number of hydrogen-bond donors (Lipinski definition) is 0. The smallest absolute Gasteiger partial charge is 0.128 e. The van der Waals surface area contributed by atoms with Crippen molar-refractivity contribution >= 4 is 5.82 Å². The molecule has 0 saturated carbocycles. The summed E-state index contributed by atoms with van der Waals surface area (Å²) in [5, 5.41) is 0. The molecule has 0 N–H and O–H groups in total. The molecule has 1 aromatic heterocycles. The maximum Gasteiger partial charge on any atom is 0.128 e. The van der Waals surface area contributed by atoms with Gasteiger partial charge in [0.2, 0.25) is 0 Å². The Labute approximate surface area is 121 Å². The summed E-state index contributed by atoms with van der Waals surface area (Å²) in [5.41, 5.74) is 0. The van der Waals surface area contributed by atoms with E-state index < -0.39 is 0 Å². The van der Waals surface area contributed by atoms with Crippen molar-refractivity contribution in [2.75, 3.05) is 31.2 Å². The van der Waals surface area contributed by atoms with Gasteiger partial charge in [-0.25, -0.2) is 4.98 Å². The van der Waals surface area contributed by atoms with E-state index in [-0.39, 0.29) is 0 Å². The van der Waals surface area contributed by atoms with Gasteiger partial charge in [0.25, 0.3) is 0 Å². The van der Waals surface area contributed by atoms with Gasteiger partial charge in [0.1, 0.15) is 5.82 Å². The molecule has 2 aliphatic rings. The third kappa shape index (κ3) is 3.70. The second-order valence-electron chi connectivity index (χ2n) is 5.70. The van der Waals surface area contributed by atoms with Gasteiger partial charge in [0, 0.05) is 25.9 Å². The van der Waals surface area contributed by atoms with Crippen LogP contribution in [0.1, 0.15) is 32.1 Å². The maximum atomic E-state index is 6.03. The van der Waals surface area contributed by atoms with E-state index in [4.69, 9.17) is 9.47 Å². The lowest BCUT2D eigenvalue weighted by atomic mass is 10.1. The maximum absolute atomic E-state index is 6.03. The molecule has 2 fully saturated rings. The minimum absolute atomic E-state index is 0.331. The molecule has 0 aliphatic carbocycles. The number of hydrogen-bond acceptors (Lipinski definition) is 4. The minimum atomic E-state index is 0.331. The van der Waals surface area contributed by atoms with Gasteiger partial charge in [0.05, 0.1) is 18.8 Å². The van der Waals surface area contributed by atoms with Crippen molar-refractivity contribution < 1.29 is 9.47 Å². The van der Waals surface area contributed by atoms with Crippen LogP contribution in [0.5, 0.6) is 0 Å². The fraction of sp³-hybridized carbons (Fsp3) is 0.688. The summed E-state index contributed by atoms with van der Waals surface area (Å²) >= 11 is 0. The third-order valence-electron chi connectivity index (χ3n) is 4.21. The molecule has 0 spiro atoms. The number of aromatic nitrogens is 1. The fourth-order valence-electron chi connectivity index (χ4n) is 2.97. The van der Waals surface area contributed by atoms with Crippen molar-refractivity contribution in [3.05, 3.63) is 24.4 Å². The number of anilines is 1. The van der Waals surface area contributed by atoms with Crippen LogP contribution in [-0.4, -0.2) is 43.5 Å². The zero-order chi connectivity index (χ0) is 13.6. The summed E-state index contributed by atoms with van der Waals surface area (Å²) in [5.74, 6) is 1.08. The number of pyridine rings is 1. The molecule has 1 aromatic rings. The summed E-state index contributed by atoms with van der Waals surface area (Å²) < 4.78 is 11.7. The molecule has 2 aliphatic heterocycles. The zero-order valence-electron chi connectivity index (χ0n) is 12.0. The van der Waals surface area contributed by atoms with E-state index in [1.165, 1.54) is 12.8 Å². The summed E-state index contributed by atoms with van der Waals surface area (Å²) in [7, 11) is 0. The Morgan fingerprint density at radius 1 is 1.20 bits per heavy atom. The normalized spacial score (nSPS) is 24.8. The molecule has 0 radical (unpaired) electrons. The summed E-state index contributed by atoms with van der Waals surface area (Å²) in [6.45, 7) is 3.75. The standard InChI is InChI=1S/C16H24N2O2/c1-3-9-17-16(6-1)18-10-7-14(8-11-18)20-13-15-5-2-4-12-19-15/h1,3,6,9,14-15H,2,4-5,7-8,10-13H2. The van der Waals surface area contributed by atoms with Gasteiger partial charge in [0.15, 0.2) is 0 Å². The molecule has 1 unspecified atom stereocenters. The second-order valence-corrected chi connectivity index (χ2v) is 5.70. The monoisotopic (exact) mass is 276 g/mol. The van der Waals surface area contributed by atoms with Gasteiger partial charge in [-0.2, -0.15) is 0 Å². The van der Waals surface area contributed by atoms with Crippen molar-refractivity contribution in [2.45, 2.75) is 44.3 Å². The van der Waals surface area contributed by atoms with Crippen LogP contribution in [-0.2, 0) is 9.47 Å². The molecule has 2 saturated heterocycles. The highest BCUT2D eigenvalue weighted by atomic mass is 16.5. The van der Waals surface area contributed by atoms with Crippen molar-refractivity contribution in [1.29, 1.82) is 0 Å². The first-order valence-electron chi connectivity index (χ1n) is 7.81. The highest BCUT2D eigenvalue weighted by molar-refractivity contribution is 5.37. The Morgan fingerprint density at radius 3 is 2.80 bits per heavy atom. The van der Waals surface area contributed by atoms with Crippen molar-refractivity contribution in [3.63, 3.8) is 0 Å². The van der Waals surface area contributed by atoms with E-state index in [0.29, 0.717) is 12.2 Å². The molecule has 0 bridgehead atoms. The first-order chi connectivity index (χ1) is 9.92. The molecule has 3 rings (SSSR count). The van der Waals surface area contributed by atoms with E-state index in [0.717, 1.165) is 51.4 Å². The van der Waals surface area contributed by atoms with E-state index in [2.05, 4.69) is 16.0 Å². The summed E-state index contributed by atoms with van der Waals surface area (Å²) in [6, 6.07) is 6.09. The molecular formula is C16H24N2O2. The highest BCUT2D eigenvalue weighted by Gasteiger charge is 2.22. The van der Waals surface area contributed by atoms with Gasteiger partial charge in [-0.3, -0.25) is 0 Å². The van der Waals surface area contributed by atoms with Gasteiger partial charge < -0.3 is 14.4 Å². The summed E-state index contributed by atoms with van der Waals surface area (Å²) in [6.07, 6.45) is 8.40. The quantitative estimate of drug-likeness (QED) is 0.847. The first kappa shape index (κ1) is 13.8. The van der Waals surface area contributed by atoms with Crippen LogP contribution in [0.25, 0.3) is 0 Å². The van der Waals surface area contributed by atoms with Crippen LogP contribution in [0.2, 0.25) is 0 Å². The average Bonchev–Trinajstić information content (AvgIpc) is 2.55. The van der Waals surface area contributed by atoms with Gasteiger partial charge >= 0.3 is 0 Å². The van der Waals surface area contributed by atoms with E-state index in [1.54, 1.807) is 0 Å². The zero-order valence-corrected chi connectivity index (χ0v) is 12.0. The number of nitrogens with zero attached hydrogens (tertiary/aromatic N) is 2. The van der Waals surface area contributed by atoms with Crippen LogP contribution in [0, 0.1) is 0 Å². The predicted octanol–water partition coefficient (Wildman–Crippen LogP) is 2.64. The molecule has 20 heavy (non-hydrogen) atoms. The van der Waals surface area contributed by atoms with Crippen LogP contribution < -0.4 is 4.90 Å².